The van der Waals surface area contributed by atoms with Gasteiger partial charge in [0.2, 0.25) is 0 Å². The summed E-state index contributed by atoms with van der Waals surface area (Å²) in [6.45, 7) is 4.82. The van der Waals surface area contributed by atoms with E-state index in [-0.39, 0.29) is 5.78 Å². The maximum Gasteiger partial charge on any atom is 0.172 e. The average molecular weight is 540 g/mol. The number of Topliss-reactive ketones (excluding diaryl/α,β-unsaturated/α-hetero) is 1. The molecule has 4 aromatic rings. The standard InChI is InChI=1S/C32H37N5OS/c1-21-7-10-27-25(15-21)26-20-35(6)14-13-28(26)36(27)18-24(38)19-37-29-11-8-22(33(2)3)16-31(29)39-32-17-23(34(4)5)9-12-30(32)37/h7-12,15-17H,13-14,18-20H2,1-6H3. The number of anilines is 4. The number of nitrogens with zero attached hydrogens (tertiary/aromatic N) is 5. The Morgan fingerprint density at radius 3 is 2.13 bits per heavy atom. The lowest BCUT2D eigenvalue weighted by atomic mass is 10.0. The van der Waals surface area contributed by atoms with E-state index < -0.39 is 0 Å². The number of benzene rings is 3. The Bertz CT molecular complexity index is 1530. The van der Waals surface area contributed by atoms with E-state index in [1.54, 1.807) is 11.8 Å². The highest BCUT2D eigenvalue weighted by Gasteiger charge is 2.28. The van der Waals surface area contributed by atoms with Crippen LogP contribution in [0.25, 0.3) is 10.9 Å². The van der Waals surface area contributed by atoms with Crippen molar-refractivity contribution in [3.05, 3.63) is 71.4 Å². The number of hydrogen-bond acceptors (Lipinski definition) is 6. The summed E-state index contributed by atoms with van der Waals surface area (Å²) in [5, 5.41) is 1.29. The fraction of sp³-hybridized carbons (Fsp3) is 0.344. The molecule has 0 saturated heterocycles. The largest absolute Gasteiger partial charge is 0.378 e. The summed E-state index contributed by atoms with van der Waals surface area (Å²) >= 11 is 1.79. The van der Waals surface area contributed by atoms with Gasteiger partial charge in [0.25, 0.3) is 0 Å². The molecule has 2 aliphatic heterocycles. The fourth-order valence-corrected chi connectivity index (χ4v) is 7.03. The topological polar surface area (TPSA) is 35.0 Å². The molecule has 0 atom stereocenters. The van der Waals surface area contributed by atoms with Crippen molar-refractivity contribution in [3.63, 3.8) is 0 Å². The van der Waals surface area contributed by atoms with Crippen molar-refractivity contribution in [2.24, 2.45) is 0 Å². The van der Waals surface area contributed by atoms with Crippen molar-refractivity contribution in [2.45, 2.75) is 36.2 Å². The zero-order chi connectivity index (χ0) is 27.4. The zero-order valence-electron chi connectivity index (χ0n) is 23.8. The number of carbonyl (C=O) groups is 1. The Morgan fingerprint density at radius 1 is 0.872 bits per heavy atom. The molecule has 0 spiro atoms. The van der Waals surface area contributed by atoms with Gasteiger partial charge in [-0.1, -0.05) is 23.4 Å². The number of fused-ring (bicyclic) bond motifs is 5. The second kappa shape index (κ2) is 9.96. The molecule has 1 aromatic heterocycles. The van der Waals surface area contributed by atoms with Crippen molar-refractivity contribution in [3.8, 4) is 0 Å². The first-order valence-electron chi connectivity index (χ1n) is 13.6. The van der Waals surface area contributed by atoms with E-state index in [0.717, 1.165) is 42.3 Å². The van der Waals surface area contributed by atoms with Crippen LogP contribution < -0.4 is 14.7 Å². The van der Waals surface area contributed by atoms with Gasteiger partial charge in [0, 0.05) is 85.5 Å². The maximum absolute atomic E-state index is 13.9. The molecule has 39 heavy (non-hydrogen) atoms. The summed E-state index contributed by atoms with van der Waals surface area (Å²) in [6.07, 6.45) is 0.972. The predicted octanol–water partition coefficient (Wildman–Crippen LogP) is 5.94. The van der Waals surface area contributed by atoms with Crippen LogP contribution in [-0.4, -0.2) is 63.6 Å². The fourth-order valence-electron chi connectivity index (χ4n) is 5.87. The highest BCUT2D eigenvalue weighted by atomic mass is 32.2. The highest BCUT2D eigenvalue weighted by molar-refractivity contribution is 7.99. The molecule has 2 aliphatic rings. The van der Waals surface area contributed by atoms with Crippen molar-refractivity contribution >= 4 is 51.2 Å². The van der Waals surface area contributed by atoms with Crippen LogP contribution in [0.4, 0.5) is 22.7 Å². The smallest absolute Gasteiger partial charge is 0.172 e. The SMILES string of the molecule is Cc1ccc2c(c1)c1c(n2CC(=O)CN2c3ccc(N(C)C)cc3Sc3cc(N(C)C)ccc32)CCN(C)C1. The molecule has 0 aliphatic carbocycles. The molecule has 3 aromatic carbocycles. The lowest BCUT2D eigenvalue weighted by molar-refractivity contribution is -0.118. The van der Waals surface area contributed by atoms with Crippen LogP contribution in [0.15, 0.2) is 64.4 Å². The van der Waals surface area contributed by atoms with E-state index in [9.17, 15) is 4.79 Å². The van der Waals surface area contributed by atoms with Gasteiger partial charge >= 0.3 is 0 Å². The summed E-state index contributed by atoms with van der Waals surface area (Å²) in [4.78, 5) is 25.1. The molecule has 0 amide bonds. The molecule has 202 valence electrons. The van der Waals surface area contributed by atoms with E-state index in [1.807, 2.05) is 0 Å². The molecule has 3 heterocycles. The molecule has 0 N–H and O–H groups in total. The number of rotatable bonds is 6. The molecule has 7 heteroatoms. The van der Waals surface area contributed by atoms with Gasteiger partial charge in [-0.2, -0.15) is 0 Å². The molecule has 0 fully saturated rings. The average Bonchev–Trinajstić information content (AvgIpc) is 3.19. The Morgan fingerprint density at radius 2 is 1.51 bits per heavy atom. The molecule has 6 rings (SSSR count). The van der Waals surface area contributed by atoms with Crippen LogP contribution in [-0.2, 0) is 24.3 Å². The van der Waals surface area contributed by atoms with Gasteiger partial charge in [0.15, 0.2) is 5.78 Å². The van der Waals surface area contributed by atoms with Gasteiger partial charge in [-0.3, -0.25) is 4.79 Å². The molecular weight excluding hydrogens is 502 g/mol. The second-order valence-corrected chi connectivity index (χ2v) is 12.4. The van der Waals surface area contributed by atoms with Crippen molar-refractivity contribution in [1.29, 1.82) is 0 Å². The zero-order valence-corrected chi connectivity index (χ0v) is 24.6. The molecule has 6 nitrogen and oxygen atoms in total. The van der Waals surface area contributed by atoms with Gasteiger partial charge in [0.1, 0.15) is 0 Å². The van der Waals surface area contributed by atoms with Gasteiger partial charge in [-0.05, 0) is 68.1 Å². The molecule has 0 bridgehead atoms. The summed E-state index contributed by atoms with van der Waals surface area (Å²) in [7, 11) is 10.4. The van der Waals surface area contributed by atoms with E-state index >= 15 is 0 Å². The van der Waals surface area contributed by atoms with Crippen LogP contribution in [0.1, 0.15) is 16.8 Å². The van der Waals surface area contributed by atoms with E-state index in [0.29, 0.717) is 13.1 Å². The van der Waals surface area contributed by atoms with Gasteiger partial charge < -0.3 is 24.2 Å². The van der Waals surface area contributed by atoms with Gasteiger partial charge in [-0.25, -0.2) is 0 Å². The van der Waals surface area contributed by atoms with Gasteiger partial charge in [0.05, 0.1) is 24.5 Å². The van der Waals surface area contributed by atoms with Crippen molar-refractivity contribution in [2.75, 3.05) is 63.0 Å². The number of likely N-dealkylation sites (N-methyl/N-ethyl adjacent to an activating group) is 1. The minimum atomic E-state index is 0.214. The molecule has 0 unspecified atom stereocenters. The summed E-state index contributed by atoms with van der Waals surface area (Å²) in [6, 6.07) is 19.7. The number of aryl methyl sites for hydroxylation is 1. The van der Waals surface area contributed by atoms with Crippen molar-refractivity contribution < 1.29 is 4.79 Å². The molecule has 0 radical (unpaired) electrons. The quantitative estimate of drug-likeness (QED) is 0.302. The number of ketones is 1. The monoisotopic (exact) mass is 539 g/mol. The maximum atomic E-state index is 13.9. The Balaban J connectivity index is 1.37. The van der Waals surface area contributed by atoms with E-state index in [4.69, 9.17) is 0 Å². The van der Waals surface area contributed by atoms with Gasteiger partial charge in [-0.15, -0.1) is 0 Å². The first-order chi connectivity index (χ1) is 18.7. The number of hydrogen-bond donors (Lipinski definition) is 0. The third-order valence-electron chi connectivity index (χ3n) is 7.99. The Kier molecular flexibility index (Phi) is 6.60. The van der Waals surface area contributed by atoms with Crippen LogP contribution >= 0.6 is 11.8 Å². The minimum absolute atomic E-state index is 0.214. The first-order valence-corrected chi connectivity index (χ1v) is 14.4. The van der Waals surface area contributed by atoms with Crippen LogP contribution in [0, 0.1) is 6.92 Å². The van der Waals surface area contributed by atoms with E-state index in [1.165, 1.54) is 37.5 Å². The minimum Gasteiger partial charge on any atom is -0.378 e. The lowest BCUT2D eigenvalue weighted by Gasteiger charge is -2.34. The Hall–Kier alpha value is -3.42. The van der Waals surface area contributed by atoms with E-state index in [2.05, 4.69) is 121 Å². The summed E-state index contributed by atoms with van der Waals surface area (Å²) in [5.41, 5.74) is 9.65. The first kappa shape index (κ1) is 25.8. The third-order valence-corrected chi connectivity index (χ3v) is 9.08. The lowest BCUT2D eigenvalue weighted by Crippen LogP contribution is -2.31. The second-order valence-electron chi connectivity index (χ2n) is 11.3. The predicted molar refractivity (Wildman–Crippen MR) is 164 cm³/mol. The van der Waals surface area contributed by atoms with Crippen LogP contribution in [0.5, 0.6) is 0 Å². The van der Waals surface area contributed by atoms with Crippen LogP contribution in [0.3, 0.4) is 0 Å². The van der Waals surface area contributed by atoms with Crippen LogP contribution in [0.2, 0.25) is 0 Å². The summed E-state index contributed by atoms with van der Waals surface area (Å²) in [5.74, 6) is 0.214. The molecular formula is C32H37N5OS. The highest BCUT2D eigenvalue weighted by Crippen LogP contribution is 2.50. The Labute approximate surface area is 235 Å². The van der Waals surface area contributed by atoms with Crippen molar-refractivity contribution in [1.82, 2.24) is 9.47 Å². The molecule has 0 saturated carbocycles. The normalized spacial score (nSPS) is 14.7. The number of aromatic nitrogens is 1. The summed E-state index contributed by atoms with van der Waals surface area (Å²) < 4.78 is 2.30. The number of carbonyl (C=O) groups excluding carboxylic acids is 1. The third kappa shape index (κ3) is 4.68.